The minimum atomic E-state index is 0.0446. The van der Waals surface area contributed by atoms with Crippen LogP contribution in [-0.4, -0.2) is 12.2 Å². The molecule has 20 heavy (non-hydrogen) atoms. The van der Waals surface area contributed by atoms with Gasteiger partial charge in [0.1, 0.15) is 18.1 Å². The molecule has 0 aliphatic carbocycles. The second-order valence-corrected chi connectivity index (χ2v) is 4.58. The first-order chi connectivity index (χ1) is 9.74. The summed E-state index contributed by atoms with van der Waals surface area (Å²) in [4.78, 5) is 21.8. The molecule has 2 heterocycles. The molecule has 0 spiro atoms. The minimum Gasteiger partial charge on any atom is -0.486 e. The molecule has 0 radical (unpaired) electrons. The normalized spacial score (nSPS) is 13.5. The first-order valence-corrected chi connectivity index (χ1v) is 6.34. The largest absolute Gasteiger partial charge is 0.486 e. The molecule has 0 saturated carbocycles. The lowest BCUT2D eigenvalue weighted by Crippen LogP contribution is -2.18. The maximum atomic E-state index is 11.3. The zero-order valence-electron chi connectivity index (χ0n) is 10.7. The van der Waals surface area contributed by atoms with Crippen LogP contribution in [0, 0.1) is 0 Å². The molecule has 1 aromatic heterocycles. The van der Waals surface area contributed by atoms with E-state index in [9.17, 15) is 9.59 Å². The Labute approximate surface area is 115 Å². The SMILES string of the molecule is O=Cc1ccc(COc2ccc3c(c2)CCC(=O)N3)o1. The third-order valence-corrected chi connectivity index (χ3v) is 3.15. The Morgan fingerprint density at radius 1 is 1.25 bits per heavy atom. The molecule has 1 aromatic carbocycles. The van der Waals surface area contributed by atoms with Crippen molar-refractivity contribution in [2.24, 2.45) is 0 Å². The van der Waals surface area contributed by atoms with Gasteiger partial charge in [0.25, 0.3) is 0 Å². The summed E-state index contributed by atoms with van der Waals surface area (Å²) in [5.41, 5.74) is 1.91. The molecule has 5 nitrogen and oxygen atoms in total. The molecular formula is C15H13NO4. The predicted octanol–water partition coefficient (Wildman–Crippen LogP) is 2.56. The molecule has 1 amide bonds. The molecule has 1 aliphatic rings. The first kappa shape index (κ1) is 12.5. The Balaban J connectivity index is 1.69. The Morgan fingerprint density at radius 3 is 2.95 bits per heavy atom. The van der Waals surface area contributed by atoms with Gasteiger partial charge in [0, 0.05) is 12.1 Å². The Kier molecular flexibility index (Phi) is 3.25. The predicted molar refractivity (Wildman–Crippen MR) is 71.8 cm³/mol. The third-order valence-electron chi connectivity index (χ3n) is 3.15. The summed E-state index contributed by atoms with van der Waals surface area (Å²) >= 11 is 0. The van der Waals surface area contributed by atoms with E-state index >= 15 is 0 Å². The summed E-state index contributed by atoms with van der Waals surface area (Å²) in [5, 5.41) is 2.82. The van der Waals surface area contributed by atoms with Gasteiger partial charge in [-0.25, -0.2) is 0 Å². The second-order valence-electron chi connectivity index (χ2n) is 4.58. The van der Waals surface area contributed by atoms with Crippen LogP contribution in [0.1, 0.15) is 28.3 Å². The molecule has 1 aliphatic heterocycles. The highest BCUT2D eigenvalue weighted by Gasteiger charge is 2.15. The quantitative estimate of drug-likeness (QED) is 0.868. The van der Waals surface area contributed by atoms with Crippen LogP contribution in [0.25, 0.3) is 0 Å². The van der Waals surface area contributed by atoms with E-state index in [2.05, 4.69) is 5.32 Å². The number of hydrogen-bond acceptors (Lipinski definition) is 4. The minimum absolute atomic E-state index is 0.0446. The number of furan rings is 1. The zero-order valence-corrected chi connectivity index (χ0v) is 10.7. The van der Waals surface area contributed by atoms with Crippen molar-refractivity contribution in [1.82, 2.24) is 0 Å². The van der Waals surface area contributed by atoms with Gasteiger partial charge in [0.15, 0.2) is 12.0 Å². The average molecular weight is 271 g/mol. The van der Waals surface area contributed by atoms with Crippen LogP contribution in [0.4, 0.5) is 5.69 Å². The van der Waals surface area contributed by atoms with E-state index in [0.29, 0.717) is 30.6 Å². The number of aldehydes is 1. The Morgan fingerprint density at radius 2 is 2.15 bits per heavy atom. The number of amides is 1. The van der Waals surface area contributed by atoms with Gasteiger partial charge >= 0.3 is 0 Å². The highest BCUT2D eigenvalue weighted by Crippen LogP contribution is 2.27. The molecule has 1 N–H and O–H groups in total. The molecule has 0 unspecified atom stereocenters. The fraction of sp³-hybridized carbons (Fsp3) is 0.200. The standard InChI is InChI=1S/C15H13NO4/c17-8-12-2-3-13(20-12)9-19-11-4-5-14-10(7-11)1-6-15(18)16-14/h2-5,7-8H,1,6,9H2,(H,16,18). The van der Waals surface area contributed by atoms with Gasteiger partial charge in [0.05, 0.1) is 0 Å². The number of aryl methyl sites for hydroxylation is 1. The highest BCUT2D eigenvalue weighted by molar-refractivity contribution is 5.93. The van der Waals surface area contributed by atoms with Crippen LogP contribution in [0.2, 0.25) is 0 Å². The van der Waals surface area contributed by atoms with E-state index in [-0.39, 0.29) is 18.3 Å². The lowest BCUT2D eigenvalue weighted by molar-refractivity contribution is -0.116. The summed E-state index contributed by atoms with van der Waals surface area (Å²) in [6.45, 7) is 0.263. The smallest absolute Gasteiger partial charge is 0.224 e. The van der Waals surface area contributed by atoms with Crippen LogP contribution in [-0.2, 0) is 17.8 Å². The molecule has 3 rings (SSSR count). The monoisotopic (exact) mass is 271 g/mol. The van der Waals surface area contributed by atoms with Crippen LogP contribution in [0.3, 0.4) is 0 Å². The number of fused-ring (bicyclic) bond motifs is 1. The Bertz CT molecular complexity index is 660. The van der Waals surface area contributed by atoms with Gasteiger partial charge < -0.3 is 14.5 Å². The second kappa shape index (κ2) is 5.21. The molecule has 0 bridgehead atoms. The van der Waals surface area contributed by atoms with Crippen molar-refractivity contribution < 1.29 is 18.7 Å². The first-order valence-electron chi connectivity index (χ1n) is 6.34. The molecule has 0 fully saturated rings. The van der Waals surface area contributed by atoms with Crippen molar-refractivity contribution in [3.05, 3.63) is 47.4 Å². The van der Waals surface area contributed by atoms with Gasteiger partial charge in [-0.15, -0.1) is 0 Å². The summed E-state index contributed by atoms with van der Waals surface area (Å²) in [7, 11) is 0. The number of carbonyl (C=O) groups is 2. The molecule has 0 atom stereocenters. The summed E-state index contributed by atoms with van der Waals surface area (Å²) in [6, 6.07) is 8.86. The number of benzene rings is 1. The number of anilines is 1. The van der Waals surface area contributed by atoms with E-state index in [1.807, 2.05) is 12.1 Å². The fourth-order valence-corrected chi connectivity index (χ4v) is 2.14. The van der Waals surface area contributed by atoms with Crippen molar-refractivity contribution >= 4 is 17.9 Å². The lowest BCUT2D eigenvalue weighted by atomic mass is 10.0. The van der Waals surface area contributed by atoms with Crippen LogP contribution in [0.15, 0.2) is 34.7 Å². The van der Waals surface area contributed by atoms with Crippen molar-refractivity contribution in [3.8, 4) is 5.75 Å². The average Bonchev–Trinajstić information content (AvgIpc) is 2.93. The molecular weight excluding hydrogens is 258 g/mol. The Hall–Kier alpha value is -2.56. The van der Waals surface area contributed by atoms with Gasteiger partial charge in [-0.2, -0.15) is 0 Å². The maximum absolute atomic E-state index is 11.3. The van der Waals surface area contributed by atoms with Crippen molar-refractivity contribution in [3.63, 3.8) is 0 Å². The summed E-state index contributed by atoms with van der Waals surface area (Å²) in [5.74, 6) is 1.64. The fourth-order valence-electron chi connectivity index (χ4n) is 2.14. The zero-order chi connectivity index (χ0) is 13.9. The van der Waals surface area contributed by atoms with Crippen LogP contribution < -0.4 is 10.1 Å². The molecule has 0 saturated heterocycles. The van der Waals surface area contributed by atoms with E-state index in [0.717, 1.165) is 11.3 Å². The number of nitrogens with one attached hydrogen (secondary N) is 1. The molecule has 2 aromatic rings. The molecule has 5 heteroatoms. The van der Waals surface area contributed by atoms with Crippen molar-refractivity contribution in [2.45, 2.75) is 19.4 Å². The molecule has 102 valence electrons. The lowest BCUT2D eigenvalue weighted by Gasteiger charge is -2.17. The summed E-state index contributed by atoms with van der Waals surface area (Å²) < 4.78 is 10.9. The topological polar surface area (TPSA) is 68.5 Å². The van der Waals surface area contributed by atoms with Crippen molar-refractivity contribution in [1.29, 1.82) is 0 Å². The number of carbonyl (C=O) groups excluding carboxylic acids is 2. The van der Waals surface area contributed by atoms with E-state index in [4.69, 9.17) is 9.15 Å². The van der Waals surface area contributed by atoms with E-state index < -0.39 is 0 Å². The van der Waals surface area contributed by atoms with Crippen LogP contribution in [0.5, 0.6) is 5.75 Å². The van der Waals surface area contributed by atoms with Gasteiger partial charge in [0.2, 0.25) is 5.91 Å². The van der Waals surface area contributed by atoms with E-state index in [1.165, 1.54) is 0 Å². The number of hydrogen-bond donors (Lipinski definition) is 1. The van der Waals surface area contributed by atoms with Gasteiger partial charge in [-0.3, -0.25) is 9.59 Å². The van der Waals surface area contributed by atoms with Gasteiger partial charge in [-0.05, 0) is 42.3 Å². The summed E-state index contributed by atoms with van der Waals surface area (Å²) in [6.07, 6.45) is 1.87. The van der Waals surface area contributed by atoms with Gasteiger partial charge in [-0.1, -0.05) is 0 Å². The van der Waals surface area contributed by atoms with E-state index in [1.54, 1.807) is 18.2 Å². The maximum Gasteiger partial charge on any atom is 0.224 e. The van der Waals surface area contributed by atoms with Crippen LogP contribution >= 0.6 is 0 Å². The highest BCUT2D eigenvalue weighted by atomic mass is 16.5. The number of ether oxygens (including phenoxy) is 1. The third kappa shape index (κ3) is 2.56. The number of rotatable bonds is 4. The van der Waals surface area contributed by atoms with Crippen molar-refractivity contribution in [2.75, 3.05) is 5.32 Å².